The van der Waals surface area contributed by atoms with Crippen molar-refractivity contribution < 1.29 is 64.6 Å². The van der Waals surface area contributed by atoms with Gasteiger partial charge in [0.15, 0.2) is 12.6 Å². The number of ether oxygens (including phenoxy) is 4. The Labute approximate surface area is 500 Å². The molecule has 0 saturated carbocycles. The van der Waals surface area contributed by atoms with Crippen LogP contribution in [0.1, 0.15) is 309 Å². The Kier molecular flexibility index (Phi) is 50.1. The molecule has 2 saturated heterocycles. The fourth-order valence-corrected chi connectivity index (χ4v) is 11.6. The summed E-state index contributed by atoms with van der Waals surface area (Å²) >= 11 is 0. The van der Waals surface area contributed by atoms with Crippen molar-refractivity contribution in [1.29, 1.82) is 0 Å². The van der Waals surface area contributed by atoms with Crippen molar-refractivity contribution in [3.05, 3.63) is 24.3 Å². The maximum Gasteiger partial charge on any atom is 0.220 e. The molecule has 1 amide bonds. The van der Waals surface area contributed by atoms with E-state index >= 15 is 0 Å². The second kappa shape index (κ2) is 53.7. The maximum atomic E-state index is 13.3. The van der Waals surface area contributed by atoms with Gasteiger partial charge < -0.3 is 65.1 Å². The van der Waals surface area contributed by atoms with Gasteiger partial charge in [0.1, 0.15) is 48.8 Å². The third-order valence-electron chi connectivity index (χ3n) is 17.2. The molecule has 0 radical (unpaired) electrons. The molecular formula is C68H129NO13. The molecule has 0 aliphatic carbocycles. The molecule has 12 unspecified atom stereocenters. The number of hydrogen-bond donors (Lipinski definition) is 9. The number of amides is 1. The lowest BCUT2D eigenvalue weighted by atomic mass is 9.97. The summed E-state index contributed by atoms with van der Waals surface area (Å²) in [6.45, 7) is 2.90. The number of unbranched alkanes of at least 4 members (excludes halogenated alkanes) is 40. The summed E-state index contributed by atoms with van der Waals surface area (Å²) in [5.41, 5.74) is 0. The molecule has 2 aliphatic rings. The van der Waals surface area contributed by atoms with Crippen LogP contribution in [0.3, 0.4) is 0 Å². The van der Waals surface area contributed by atoms with Gasteiger partial charge in [0.25, 0.3) is 0 Å². The van der Waals surface area contributed by atoms with Crippen molar-refractivity contribution in [1.82, 2.24) is 5.32 Å². The average molecular weight is 1170 g/mol. The van der Waals surface area contributed by atoms with E-state index in [0.29, 0.717) is 12.8 Å². The van der Waals surface area contributed by atoms with Gasteiger partial charge in [0.2, 0.25) is 5.91 Å². The molecule has 82 heavy (non-hydrogen) atoms. The zero-order valence-corrected chi connectivity index (χ0v) is 52.5. The lowest BCUT2D eigenvalue weighted by Gasteiger charge is -2.46. The van der Waals surface area contributed by atoms with E-state index in [1.807, 2.05) is 0 Å². The topological polar surface area (TPSA) is 228 Å². The molecule has 0 aromatic carbocycles. The monoisotopic (exact) mass is 1170 g/mol. The Morgan fingerprint density at radius 3 is 1.22 bits per heavy atom. The van der Waals surface area contributed by atoms with Crippen LogP contribution in [0.15, 0.2) is 24.3 Å². The zero-order valence-electron chi connectivity index (χ0n) is 52.5. The van der Waals surface area contributed by atoms with Gasteiger partial charge in [-0.3, -0.25) is 4.79 Å². The predicted molar refractivity (Wildman–Crippen MR) is 332 cm³/mol. The molecule has 9 N–H and O–H groups in total. The van der Waals surface area contributed by atoms with E-state index in [9.17, 15) is 45.6 Å². The molecular weight excluding hydrogens is 1040 g/mol. The highest BCUT2D eigenvalue weighted by Gasteiger charge is 2.51. The molecule has 2 aliphatic heterocycles. The minimum Gasteiger partial charge on any atom is -0.394 e. The van der Waals surface area contributed by atoms with E-state index < -0.39 is 86.8 Å². The largest absolute Gasteiger partial charge is 0.394 e. The second-order valence-corrected chi connectivity index (χ2v) is 24.7. The Balaban J connectivity index is 1.66. The first-order valence-electron chi connectivity index (χ1n) is 34.6. The SMILES string of the molecule is CCCCCCC/C=C\C/C=C\CCCCCCCCCCCCCCCCCCCC(=O)NC(COC1OC(CO)C(OC2OC(CO)C(O)C(O)C2O)C(O)C1O)C(O)CCCCCCCCCCCCCCCCCCCCC. The van der Waals surface area contributed by atoms with Gasteiger partial charge in [-0.25, -0.2) is 0 Å². The van der Waals surface area contributed by atoms with E-state index in [-0.39, 0.29) is 12.5 Å². The molecule has 12 atom stereocenters. The van der Waals surface area contributed by atoms with Gasteiger partial charge >= 0.3 is 0 Å². The number of allylic oxidation sites excluding steroid dienone is 4. The predicted octanol–water partition coefficient (Wildman–Crippen LogP) is 13.6. The quantitative estimate of drug-likeness (QED) is 0.0204. The lowest BCUT2D eigenvalue weighted by molar-refractivity contribution is -0.359. The van der Waals surface area contributed by atoms with Crippen molar-refractivity contribution in [2.24, 2.45) is 0 Å². The summed E-state index contributed by atoms with van der Waals surface area (Å²) in [5.74, 6) is -0.201. The Bertz CT molecular complexity index is 1470. The van der Waals surface area contributed by atoms with Crippen molar-refractivity contribution in [3.63, 3.8) is 0 Å². The van der Waals surface area contributed by atoms with Crippen LogP contribution in [0.4, 0.5) is 0 Å². The molecule has 484 valence electrons. The highest BCUT2D eigenvalue weighted by atomic mass is 16.7. The van der Waals surface area contributed by atoms with Gasteiger partial charge in [-0.2, -0.15) is 0 Å². The summed E-state index contributed by atoms with van der Waals surface area (Å²) < 4.78 is 22.9. The first-order valence-corrected chi connectivity index (χ1v) is 34.6. The molecule has 0 spiro atoms. The molecule has 2 heterocycles. The van der Waals surface area contributed by atoms with Crippen molar-refractivity contribution >= 4 is 5.91 Å². The minimum absolute atomic E-state index is 0.201. The smallest absolute Gasteiger partial charge is 0.220 e. The van der Waals surface area contributed by atoms with Crippen molar-refractivity contribution in [3.8, 4) is 0 Å². The molecule has 0 aromatic rings. The molecule has 14 heteroatoms. The van der Waals surface area contributed by atoms with Crippen molar-refractivity contribution in [2.75, 3.05) is 19.8 Å². The molecule has 14 nitrogen and oxygen atoms in total. The minimum atomic E-state index is -1.78. The molecule has 2 rings (SSSR count). The highest BCUT2D eigenvalue weighted by molar-refractivity contribution is 5.76. The molecule has 0 bridgehead atoms. The third kappa shape index (κ3) is 37.9. The van der Waals surface area contributed by atoms with Gasteiger partial charge in [-0.15, -0.1) is 0 Å². The second-order valence-electron chi connectivity index (χ2n) is 24.7. The van der Waals surface area contributed by atoms with Crippen LogP contribution in [0, 0.1) is 0 Å². The standard InChI is InChI=1S/C68H129NO13/c1-3-5-7-9-11-13-15-17-19-21-23-24-25-26-27-28-29-30-31-32-34-36-38-40-42-44-46-48-50-52-60(73)69-56(57(72)51-49-47-45-43-41-39-37-35-33-22-20-18-16-14-12-10-8-6-4-2)55-79-67-65(78)63(76)66(59(54-71)81-67)82-68-64(77)62(75)61(74)58(53-70)80-68/h15,17,21,23,56-59,61-68,70-72,74-78H,3-14,16,18-20,22,24-55H2,1-2H3,(H,69,73)/b17-15-,23-21-. The van der Waals surface area contributed by atoms with Crippen LogP contribution in [0.5, 0.6) is 0 Å². The van der Waals surface area contributed by atoms with Crippen LogP contribution < -0.4 is 5.32 Å². The number of aliphatic hydroxyl groups is 8. The van der Waals surface area contributed by atoms with E-state index in [0.717, 1.165) is 57.8 Å². The number of aliphatic hydroxyl groups excluding tert-OH is 8. The fraction of sp³-hybridized carbons (Fsp3) is 0.926. The summed E-state index contributed by atoms with van der Waals surface area (Å²) in [4.78, 5) is 13.3. The number of carbonyl (C=O) groups excluding carboxylic acids is 1. The summed E-state index contributed by atoms with van der Waals surface area (Å²) in [6, 6.07) is -0.827. The van der Waals surface area contributed by atoms with E-state index in [1.54, 1.807) is 0 Å². The number of carbonyl (C=O) groups is 1. The number of hydrogen-bond acceptors (Lipinski definition) is 13. The lowest BCUT2D eigenvalue weighted by Crippen LogP contribution is -2.65. The fourth-order valence-electron chi connectivity index (χ4n) is 11.6. The van der Waals surface area contributed by atoms with Gasteiger partial charge in [0.05, 0.1) is 32.0 Å². The van der Waals surface area contributed by atoms with Crippen LogP contribution in [-0.2, 0) is 23.7 Å². The Morgan fingerprint density at radius 1 is 0.439 bits per heavy atom. The van der Waals surface area contributed by atoms with Crippen LogP contribution in [-0.4, -0.2) is 140 Å². The summed E-state index contributed by atoms with van der Waals surface area (Å²) in [6.07, 6.45) is 49.0. The van der Waals surface area contributed by atoms with Crippen LogP contribution in [0.25, 0.3) is 0 Å². The normalized spacial score (nSPS) is 24.0. The molecule has 2 fully saturated rings. The summed E-state index contributed by atoms with van der Waals surface area (Å²) in [5, 5.41) is 87.5. The first-order chi connectivity index (χ1) is 40.1. The van der Waals surface area contributed by atoms with E-state index in [2.05, 4.69) is 43.5 Å². The highest BCUT2D eigenvalue weighted by Crippen LogP contribution is 2.30. The van der Waals surface area contributed by atoms with Crippen molar-refractivity contribution in [2.45, 2.75) is 383 Å². The first kappa shape index (κ1) is 76.6. The number of rotatable bonds is 57. The Hall–Kier alpha value is -1.53. The van der Waals surface area contributed by atoms with E-state index in [1.165, 1.54) is 225 Å². The maximum absolute atomic E-state index is 13.3. The third-order valence-corrected chi connectivity index (χ3v) is 17.2. The van der Waals surface area contributed by atoms with Gasteiger partial charge in [0, 0.05) is 6.42 Å². The summed E-state index contributed by atoms with van der Waals surface area (Å²) in [7, 11) is 0. The van der Waals surface area contributed by atoms with Crippen LogP contribution in [0.2, 0.25) is 0 Å². The number of nitrogens with one attached hydrogen (secondary N) is 1. The van der Waals surface area contributed by atoms with Gasteiger partial charge in [-0.05, 0) is 44.9 Å². The molecule has 0 aromatic heterocycles. The van der Waals surface area contributed by atoms with E-state index in [4.69, 9.17) is 18.9 Å². The van der Waals surface area contributed by atoms with Gasteiger partial charge in [-0.1, -0.05) is 282 Å². The van der Waals surface area contributed by atoms with Crippen LogP contribution >= 0.6 is 0 Å². The Morgan fingerprint density at radius 2 is 0.805 bits per heavy atom. The zero-order chi connectivity index (χ0) is 59.5. The average Bonchev–Trinajstić information content (AvgIpc) is 3.65.